The first kappa shape index (κ1) is 15.0. The molecule has 1 rings (SSSR count). The van der Waals surface area contributed by atoms with Gasteiger partial charge in [-0.3, -0.25) is 4.79 Å². The lowest BCUT2D eigenvalue weighted by Gasteiger charge is -2.26. The predicted octanol–water partition coefficient (Wildman–Crippen LogP) is 2.31. The molecule has 0 radical (unpaired) electrons. The second-order valence-corrected chi connectivity index (χ2v) is 3.96. The van der Waals surface area contributed by atoms with E-state index < -0.39 is 35.2 Å². The monoisotopic (exact) mass is 275 g/mol. The third-order valence-electron chi connectivity index (χ3n) is 2.68. The van der Waals surface area contributed by atoms with Crippen molar-refractivity contribution in [2.45, 2.75) is 19.1 Å². The average Bonchev–Trinajstić information content (AvgIpc) is 2.27. The molecule has 0 heterocycles. The van der Waals surface area contributed by atoms with Gasteiger partial charge in [-0.1, -0.05) is 18.2 Å². The third kappa shape index (κ3) is 3.24. The number of nitrogens with zero attached hydrogens (tertiary/aromatic N) is 1. The molecule has 0 aliphatic rings. The molecule has 19 heavy (non-hydrogen) atoms. The van der Waals surface area contributed by atoms with Crippen LogP contribution in [0.5, 0.6) is 0 Å². The summed E-state index contributed by atoms with van der Waals surface area (Å²) in [6, 6.07) is 2.64. The molecule has 0 saturated heterocycles. The van der Waals surface area contributed by atoms with E-state index in [1.54, 1.807) is 0 Å². The summed E-state index contributed by atoms with van der Waals surface area (Å²) >= 11 is 0. The van der Waals surface area contributed by atoms with Crippen molar-refractivity contribution in [1.29, 1.82) is 0 Å². The van der Waals surface area contributed by atoms with Gasteiger partial charge in [-0.15, -0.1) is 0 Å². The lowest BCUT2D eigenvalue weighted by Crippen LogP contribution is -2.35. The molecule has 0 aliphatic heterocycles. The number of carbonyl (C=O) groups excluding carboxylic acids is 1. The Morgan fingerprint density at radius 3 is 2.21 bits per heavy atom. The van der Waals surface area contributed by atoms with Crippen LogP contribution in [0.2, 0.25) is 0 Å². The van der Waals surface area contributed by atoms with Crippen LogP contribution in [-0.2, 0) is 15.8 Å². The zero-order valence-corrected chi connectivity index (χ0v) is 10.2. The fourth-order valence-corrected chi connectivity index (χ4v) is 1.68. The Kier molecular flexibility index (Phi) is 4.18. The fraction of sp³-hybridized carbons (Fsp3) is 0.333. The number of carbonyl (C=O) groups is 2. The van der Waals surface area contributed by atoms with E-state index in [0.29, 0.717) is 0 Å². The molecule has 1 atom stereocenters. The average molecular weight is 275 g/mol. The quantitative estimate of drug-likeness (QED) is 0.921. The molecule has 1 N–H and O–H groups in total. The Hall–Kier alpha value is -2.05. The first-order chi connectivity index (χ1) is 8.66. The lowest BCUT2D eigenvalue weighted by molar-refractivity contribution is -0.150. The zero-order chi connectivity index (χ0) is 14.8. The Morgan fingerprint density at radius 2 is 1.79 bits per heavy atom. The number of benzene rings is 1. The fourth-order valence-electron chi connectivity index (χ4n) is 1.68. The van der Waals surface area contributed by atoms with Gasteiger partial charge >= 0.3 is 12.1 Å². The van der Waals surface area contributed by atoms with E-state index in [4.69, 9.17) is 5.11 Å². The molecule has 4 nitrogen and oxygen atoms in total. The molecule has 104 valence electrons. The Balaban J connectivity index is 3.40. The maximum absolute atomic E-state index is 12.8. The second-order valence-electron chi connectivity index (χ2n) is 3.96. The molecule has 7 heteroatoms. The SMILES string of the molecule is CC(=O)N(C)C(C(=O)O)c1ccccc1C(F)(F)F. The van der Waals surface area contributed by atoms with Crippen LogP contribution in [0.1, 0.15) is 24.1 Å². The molecule has 0 fully saturated rings. The summed E-state index contributed by atoms with van der Waals surface area (Å²) in [6.07, 6.45) is -4.68. The van der Waals surface area contributed by atoms with Crippen LogP contribution in [0.25, 0.3) is 0 Å². The molecular formula is C12H12F3NO3. The highest BCUT2D eigenvalue weighted by Gasteiger charge is 2.38. The summed E-state index contributed by atoms with van der Waals surface area (Å²) in [5.41, 5.74) is -1.52. The predicted molar refractivity (Wildman–Crippen MR) is 60.3 cm³/mol. The van der Waals surface area contributed by atoms with Crippen LogP contribution < -0.4 is 0 Å². The summed E-state index contributed by atoms with van der Waals surface area (Å²) in [4.78, 5) is 23.1. The van der Waals surface area contributed by atoms with Gasteiger partial charge in [0.05, 0.1) is 5.56 Å². The maximum Gasteiger partial charge on any atom is 0.416 e. The second kappa shape index (κ2) is 5.29. The first-order valence-corrected chi connectivity index (χ1v) is 5.28. The number of hydrogen-bond donors (Lipinski definition) is 1. The summed E-state index contributed by atoms with van der Waals surface area (Å²) in [6.45, 7) is 1.09. The van der Waals surface area contributed by atoms with Crippen molar-refractivity contribution in [2.24, 2.45) is 0 Å². The van der Waals surface area contributed by atoms with Gasteiger partial charge in [-0.2, -0.15) is 13.2 Å². The summed E-state index contributed by atoms with van der Waals surface area (Å²) in [5, 5.41) is 9.07. The molecule has 0 saturated carbocycles. The Morgan fingerprint density at radius 1 is 1.26 bits per heavy atom. The molecule has 0 aliphatic carbocycles. The van der Waals surface area contributed by atoms with Crippen LogP contribution in [0.3, 0.4) is 0 Å². The van der Waals surface area contributed by atoms with Gasteiger partial charge in [0.25, 0.3) is 0 Å². The minimum absolute atomic E-state index is 0.458. The molecule has 0 spiro atoms. The van der Waals surface area contributed by atoms with Gasteiger partial charge in [-0.05, 0) is 11.6 Å². The van der Waals surface area contributed by atoms with Crippen molar-refractivity contribution in [3.05, 3.63) is 35.4 Å². The molecule has 1 aromatic carbocycles. The maximum atomic E-state index is 12.8. The third-order valence-corrected chi connectivity index (χ3v) is 2.68. The highest BCUT2D eigenvalue weighted by atomic mass is 19.4. The molecule has 1 aromatic rings. The molecule has 1 amide bonds. The van der Waals surface area contributed by atoms with E-state index in [1.807, 2.05) is 0 Å². The summed E-state index contributed by atoms with van der Waals surface area (Å²) in [7, 11) is 1.15. The number of amides is 1. The molecule has 0 aromatic heterocycles. The highest BCUT2D eigenvalue weighted by Crippen LogP contribution is 2.36. The van der Waals surface area contributed by atoms with E-state index >= 15 is 0 Å². The number of hydrogen-bond acceptors (Lipinski definition) is 2. The van der Waals surface area contributed by atoms with Crippen molar-refractivity contribution in [2.75, 3.05) is 7.05 Å². The van der Waals surface area contributed by atoms with Crippen molar-refractivity contribution in [3.63, 3.8) is 0 Å². The van der Waals surface area contributed by atoms with Crippen LogP contribution >= 0.6 is 0 Å². The number of carboxylic acid groups (broad SMARTS) is 1. The summed E-state index contributed by atoms with van der Waals surface area (Å²) in [5.74, 6) is -2.15. The van der Waals surface area contributed by atoms with Crippen LogP contribution in [-0.4, -0.2) is 28.9 Å². The van der Waals surface area contributed by atoms with E-state index in [0.717, 1.165) is 31.0 Å². The summed E-state index contributed by atoms with van der Waals surface area (Å²) < 4.78 is 38.5. The Labute approximate surface area is 107 Å². The van der Waals surface area contributed by atoms with E-state index in [2.05, 4.69) is 0 Å². The van der Waals surface area contributed by atoms with E-state index in [9.17, 15) is 22.8 Å². The molecular weight excluding hydrogens is 263 g/mol. The largest absolute Gasteiger partial charge is 0.479 e. The van der Waals surface area contributed by atoms with Crippen molar-refractivity contribution in [3.8, 4) is 0 Å². The first-order valence-electron chi connectivity index (χ1n) is 5.28. The molecule has 0 bridgehead atoms. The lowest BCUT2D eigenvalue weighted by atomic mass is 9.99. The molecule has 1 unspecified atom stereocenters. The standard InChI is InChI=1S/C12H12F3NO3/c1-7(17)16(2)10(11(18)19)8-5-3-4-6-9(8)12(13,14)15/h3-6,10H,1-2H3,(H,18,19). The van der Waals surface area contributed by atoms with Gasteiger partial charge in [0.2, 0.25) is 5.91 Å². The van der Waals surface area contributed by atoms with Crippen LogP contribution in [0.15, 0.2) is 24.3 Å². The van der Waals surface area contributed by atoms with Crippen molar-refractivity contribution < 1.29 is 27.9 Å². The van der Waals surface area contributed by atoms with Crippen LogP contribution in [0, 0.1) is 0 Å². The van der Waals surface area contributed by atoms with Gasteiger partial charge in [0, 0.05) is 14.0 Å². The van der Waals surface area contributed by atoms with Gasteiger partial charge in [0.15, 0.2) is 6.04 Å². The van der Waals surface area contributed by atoms with Gasteiger partial charge in [-0.25, -0.2) is 4.79 Å². The normalized spacial score (nSPS) is 12.9. The van der Waals surface area contributed by atoms with E-state index in [-0.39, 0.29) is 0 Å². The number of rotatable bonds is 3. The highest BCUT2D eigenvalue weighted by molar-refractivity contribution is 5.83. The number of likely N-dealkylation sites (N-methyl/N-ethyl adjacent to an activating group) is 1. The number of alkyl halides is 3. The number of halogens is 3. The minimum Gasteiger partial charge on any atom is -0.479 e. The topological polar surface area (TPSA) is 57.6 Å². The van der Waals surface area contributed by atoms with E-state index in [1.165, 1.54) is 12.1 Å². The Bertz CT molecular complexity index is 499. The minimum atomic E-state index is -4.68. The number of aliphatic carboxylic acids is 1. The zero-order valence-electron chi connectivity index (χ0n) is 10.2. The van der Waals surface area contributed by atoms with Crippen molar-refractivity contribution in [1.82, 2.24) is 4.90 Å². The number of carboxylic acids is 1. The van der Waals surface area contributed by atoms with Crippen LogP contribution in [0.4, 0.5) is 13.2 Å². The smallest absolute Gasteiger partial charge is 0.416 e. The van der Waals surface area contributed by atoms with Gasteiger partial charge < -0.3 is 10.0 Å². The van der Waals surface area contributed by atoms with Crippen molar-refractivity contribution >= 4 is 11.9 Å². The van der Waals surface area contributed by atoms with Gasteiger partial charge in [0.1, 0.15) is 0 Å².